The Morgan fingerprint density at radius 2 is 1.54 bits per heavy atom. The first kappa shape index (κ1) is 11.2. The standard InChI is InChI=1S/C4H7N3O6/c8-5(9)2-1-4(7(12)13)3-6(10)11/h4H,1-3H2. The van der Waals surface area contributed by atoms with Gasteiger partial charge in [0, 0.05) is 14.8 Å². The van der Waals surface area contributed by atoms with Crippen molar-refractivity contribution in [2.45, 2.75) is 12.5 Å². The lowest BCUT2D eigenvalue weighted by atomic mass is 10.2. The fourth-order valence-electron chi connectivity index (χ4n) is 0.690. The van der Waals surface area contributed by atoms with Crippen LogP contribution in [0, 0.1) is 30.3 Å². The van der Waals surface area contributed by atoms with Crippen LogP contribution in [0.15, 0.2) is 0 Å². The molecule has 9 heteroatoms. The zero-order valence-electron chi connectivity index (χ0n) is 6.49. The maximum atomic E-state index is 10.1. The summed E-state index contributed by atoms with van der Waals surface area (Å²) < 4.78 is 0. The zero-order chi connectivity index (χ0) is 10.4. The third kappa shape index (κ3) is 5.47. The van der Waals surface area contributed by atoms with Crippen LogP contribution < -0.4 is 0 Å². The highest BCUT2D eigenvalue weighted by molar-refractivity contribution is 4.53. The van der Waals surface area contributed by atoms with E-state index in [-0.39, 0.29) is 0 Å². The molecule has 0 aliphatic heterocycles. The third-order valence-electron chi connectivity index (χ3n) is 1.30. The van der Waals surface area contributed by atoms with E-state index in [0.29, 0.717) is 0 Å². The molecule has 0 aromatic carbocycles. The van der Waals surface area contributed by atoms with Crippen LogP contribution in [0.4, 0.5) is 0 Å². The first-order chi connectivity index (χ1) is 5.93. The summed E-state index contributed by atoms with van der Waals surface area (Å²) in [5.74, 6) is 0. The van der Waals surface area contributed by atoms with E-state index in [1.54, 1.807) is 0 Å². The van der Waals surface area contributed by atoms with Crippen molar-refractivity contribution in [3.63, 3.8) is 0 Å². The lowest BCUT2D eigenvalue weighted by Crippen LogP contribution is -2.30. The lowest BCUT2D eigenvalue weighted by Gasteiger charge is -2.01. The number of nitro groups is 3. The Morgan fingerprint density at radius 3 is 1.85 bits per heavy atom. The molecular formula is C4H7N3O6. The van der Waals surface area contributed by atoms with Gasteiger partial charge in [-0.25, -0.2) is 0 Å². The molecule has 0 saturated heterocycles. The van der Waals surface area contributed by atoms with E-state index in [0.717, 1.165) is 0 Å². The van der Waals surface area contributed by atoms with Gasteiger partial charge in [0.25, 0.3) is 12.6 Å². The molecule has 74 valence electrons. The number of hydrogen-bond acceptors (Lipinski definition) is 6. The third-order valence-corrected chi connectivity index (χ3v) is 1.30. The molecule has 9 nitrogen and oxygen atoms in total. The van der Waals surface area contributed by atoms with E-state index in [1.165, 1.54) is 0 Å². The molecule has 0 bridgehead atoms. The van der Waals surface area contributed by atoms with Gasteiger partial charge in [-0.3, -0.25) is 30.3 Å². The maximum Gasteiger partial charge on any atom is 0.282 e. The van der Waals surface area contributed by atoms with Gasteiger partial charge in [0.05, 0.1) is 6.42 Å². The number of nitrogens with zero attached hydrogens (tertiary/aromatic N) is 3. The molecule has 0 aromatic heterocycles. The summed E-state index contributed by atoms with van der Waals surface area (Å²) in [4.78, 5) is 27.4. The second-order valence-corrected chi connectivity index (χ2v) is 2.30. The van der Waals surface area contributed by atoms with Crippen LogP contribution in [0.1, 0.15) is 6.42 Å². The van der Waals surface area contributed by atoms with Gasteiger partial charge in [0.2, 0.25) is 6.54 Å². The fourth-order valence-corrected chi connectivity index (χ4v) is 0.690. The van der Waals surface area contributed by atoms with Crippen LogP contribution in [0.2, 0.25) is 0 Å². The van der Waals surface area contributed by atoms with Gasteiger partial charge < -0.3 is 0 Å². The average molecular weight is 193 g/mol. The smallest absolute Gasteiger partial charge is 0.265 e. The minimum Gasteiger partial charge on any atom is -0.265 e. The van der Waals surface area contributed by atoms with Crippen LogP contribution >= 0.6 is 0 Å². The summed E-state index contributed by atoms with van der Waals surface area (Å²) in [7, 11) is 0. The van der Waals surface area contributed by atoms with Gasteiger partial charge in [-0.2, -0.15) is 0 Å². The van der Waals surface area contributed by atoms with E-state index >= 15 is 0 Å². The van der Waals surface area contributed by atoms with E-state index in [1.807, 2.05) is 0 Å². The molecule has 13 heavy (non-hydrogen) atoms. The van der Waals surface area contributed by atoms with Crippen LogP contribution in [-0.4, -0.2) is 33.9 Å². The Kier molecular flexibility index (Phi) is 4.27. The van der Waals surface area contributed by atoms with Crippen molar-refractivity contribution >= 4 is 0 Å². The van der Waals surface area contributed by atoms with Gasteiger partial charge in [0.15, 0.2) is 0 Å². The van der Waals surface area contributed by atoms with Gasteiger partial charge in [-0.05, 0) is 0 Å². The minimum atomic E-state index is -1.47. The Hall–Kier alpha value is -1.80. The topological polar surface area (TPSA) is 129 Å². The normalized spacial score (nSPS) is 12.0. The lowest BCUT2D eigenvalue weighted by molar-refractivity contribution is -0.595. The Balaban J connectivity index is 4.02. The van der Waals surface area contributed by atoms with Crippen molar-refractivity contribution in [1.29, 1.82) is 0 Å². The minimum absolute atomic E-state index is 0.416. The largest absolute Gasteiger partial charge is 0.282 e. The summed E-state index contributed by atoms with van der Waals surface area (Å²) in [6.45, 7) is -1.50. The van der Waals surface area contributed by atoms with Gasteiger partial charge in [0.1, 0.15) is 0 Å². The molecule has 0 heterocycles. The molecule has 0 N–H and O–H groups in total. The van der Waals surface area contributed by atoms with Crippen LogP contribution in [0.3, 0.4) is 0 Å². The molecule has 0 aliphatic rings. The Morgan fingerprint density at radius 1 is 1.00 bits per heavy atom. The number of rotatable bonds is 6. The quantitative estimate of drug-likeness (QED) is 0.415. The van der Waals surface area contributed by atoms with Crippen molar-refractivity contribution in [3.8, 4) is 0 Å². The van der Waals surface area contributed by atoms with Gasteiger partial charge in [-0.1, -0.05) is 0 Å². The van der Waals surface area contributed by atoms with Crippen molar-refractivity contribution in [1.82, 2.24) is 0 Å². The molecule has 1 atom stereocenters. The van der Waals surface area contributed by atoms with Crippen LogP contribution in [0.25, 0.3) is 0 Å². The maximum absolute atomic E-state index is 10.1. The first-order valence-corrected chi connectivity index (χ1v) is 3.30. The molecule has 0 aliphatic carbocycles. The van der Waals surface area contributed by atoms with Crippen molar-refractivity contribution in [2.24, 2.45) is 0 Å². The summed E-state index contributed by atoms with van der Waals surface area (Å²) in [5, 5.41) is 29.8. The van der Waals surface area contributed by atoms with Crippen molar-refractivity contribution < 1.29 is 14.8 Å². The monoisotopic (exact) mass is 193 g/mol. The first-order valence-electron chi connectivity index (χ1n) is 3.30. The highest BCUT2D eigenvalue weighted by Crippen LogP contribution is 1.97. The summed E-state index contributed by atoms with van der Waals surface area (Å²) in [5.41, 5.74) is 0. The van der Waals surface area contributed by atoms with E-state index in [4.69, 9.17) is 0 Å². The second-order valence-electron chi connectivity index (χ2n) is 2.30. The summed E-state index contributed by atoms with van der Waals surface area (Å²) in [6, 6.07) is -1.47. The highest BCUT2D eigenvalue weighted by Gasteiger charge is 2.28. The molecule has 0 spiro atoms. The fraction of sp³-hybridized carbons (Fsp3) is 1.00. The molecule has 0 radical (unpaired) electrons. The molecule has 1 unspecified atom stereocenters. The predicted molar refractivity (Wildman–Crippen MR) is 39.1 cm³/mol. The molecular weight excluding hydrogens is 186 g/mol. The predicted octanol–water partition coefficient (Wildman–Crippen LogP) is -0.425. The van der Waals surface area contributed by atoms with Crippen LogP contribution in [0.5, 0.6) is 0 Å². The molecule has 0 saturated carbocycles. The Bertz CT molecular complexity index is 228. The summed E-state index contributed by atoms with van der Waals surface area (Å²) >= 11 is 0. The zero-order valence-corrected chi connectivity index (χ0v) is 6.49. The van der Waals surface area contributed by atoms with E-state index in [9.17, 15) is 30.3 Å². The van der Waals surface area contributed by atoms with Crippen molar-refractivity contribution in [3.05, 3.63) is 30.3 Å². The van der Waals surface area contributed by atoms with E-state index < -0.39 is 40.3 Å². The molecule has 0 fully saturated rings. The van der Waals surface area contributed by atoms with E-state index in [2.05, 4.69) is 0 Å². The second kappa shape index (κ2) is 4.95. The molecule has 0 amide bonds. The highest BCUT2D eigenvalue weighted by atomic mass is 16.6. The SMILES string of the molecule is O=[N+]([O-])CCC(C[N+](=O)[O-])[N+](=O)[O-]. The van der Waals surface area contributed by atoms with Gasteiger partial charge >= 0.3 is 0 Å². The average Bonchev–Trinajstić information content (AvgIpc) is 1.96. The van der Waals surface area contributed by atoms with Gasteiger partial charge in [-0.15, -0.1) is 0 Å². The Labute approximate surface area is 71.8 Å². The van der Waals surface area contributed by atoms with Crippen molar-refractivity contribution in [2.75, 3.05) is 13.1 Å². The van der Waals surface area contributed by atoms with Crippen LogP contribution in [-0.2, 0) is 0 Å². The molecule has 0 rings (SSSR count). The summed E-state index contributed by atoms with van der Waals surface area (Å²) in [6.07, 6.45) is -0.416. The molecule has 0 aromatic rings. The number of hydrogen-bond donors (Lipinski definition) is 0.